The molecular formula is C13H10FN3OS. The van der Waals surface area contributed by atoms with Gasteiger partial charge in [-0.2, -0.15) is 0 Å². The Hall–Kier alpha value is -2.21. The molecule has 3 rings (SSSR count). The minimum atomic E-state index is -0.331. The largest absolute Gasteiger partial charge is 0.335 e. The standard InChI is InChI=1S/C13H10FN3OS/c14-9-4-2-1-3-8(9)7-11-16-10-5-6-19-12(10)13(18)17(11)15/h1-6H,7,15H2. The fourth-order valence-electron chi connectivity index (χ4n) is 1.91. The van der Waals surface area contributed by atoms with Crippen molar-refractivity contribution in [3.05, 3.63) is 63.3 Å². The molecule has 0 aliphatic rings. The molecule has 0 fully saturated rings. The highest BCUT2D eigenvalue weighted by molar-refractivity contribution is 7.17. The maximum atomic E-state index is 13.6. The second-order valence-electron chi connectivity index (χ2n) is 4.11. The number of hydrogen-bond acceptors (Lipinski definition) is 4. The van der Waals surface area contributed by atoms with Crippen molar-refractivity contribution in [1.82, 2.24) is 9.66 Å². The highest BCUT2D eigenvalue weighted by atomic mass is 32.1. The van der Waals surface area contributed by atoms with Crippen molar-refractivity contribution in [2.75, 3.05) is 5.84 Å². The van der Waals surface area contributed by atoms with E-state index in [2.05, 4.69) is 4.98 Å². The molecule has 4 nitrogen and oxygen atoms in total. The molecule has 3 aromatic rings. The monoisotopic (exact) mass is 275 g/mol. The molecule has 0 amide bonds. The number of thiophene rings is 1. The Morgan fingerprint density at radius 2 is 2.11 bits per heavy atom. The van der Waals surface area contributed by atoms with Gasteiger partial charge < -0.3 is 5.84 Å². The zero-order valence-corrected chi connectivity index (χ0v) is 10.7. The lowest BCUT2D eigenvalue weighted by atomic mass is 10.1. The molecule has 2 N–H and O–H groups in total. The van der Waals surface area contributed by atoms with E-state index < -0.39 is 0 Å². The molecule has 0 radical (unpaired) electrons. The van der Waals surface area contributed by atoms with Crippen LogP contribution in [0.1, 0.15) is 11.4 Å². The van der Waals surface area contributed by atoms with Crippen molar-refractivity contribution in [3.8, 4) is 0 Å². The molecule has 1 aromatic carbocycles. The average molecular weight is 275 g/mol. The lowest BCUT2D eigenvalue weighted by Gasteiger charge is -2.07. The highest BCUT2D eigenvalue weighted by Gasteiger charge is 2.12. The molecule has 0 aliphatic heterocycles. The molecule has 0 saturated heterocycles. The second-order valence-corrected chi connectivity index (χ2v) is 5.02. The van der Waals surface area contributed by atoms with Crippen molar-refractivity contribution < 1.29 is 4.39 Å². The number of aromatic nitrogens is 2. The molecule has 0 atom stereocenters. The summed E-state index contributed by atoms with van der Waals surface area (Å²) in [5, 5.41) is 1.78. The van der Waals surface area contributed by atoms with Crippen LogP contribution >= 0.6 is 11.3 Å². The number of hydrogen-bond donors (Lipinski definition) is 1. The topological polar surface area (TPSA) is 60.9 Å². The van der Waals surface area contributed by atoms with Gasteiger partial charge in [-0.3, -0.25) is 4.79 Å². The summed E-state index contributed by atoms with van der Waals surface area (Å²) < 4.78 is 15.1. The third kappa shape index (κ3) is 2.00. The van der Waals surface area contributed by atoms with Crippen LogP contribution in [0.3, 0.4) is 0 Å². The van der Waals surface area contributed by atoms with Gasteiger partial charge in [-0.05, 0) is 23.1 Å². The molecule has 0 spiro atoms. The van der Waals surface area contributed by atoms with Crippen molar-refractivity contribution in [2.24, 2.45) is 0 Å². The first-order valence-corrected chi connectivity index (χ1v) is 6.52. The summed E-state index contributed by atoms with van der Waals surface area (Å²) >= 11 is 1.30. The predicted molar refractivity (Wildman–Crippen MR) is 73.2 cm³/mol. The van der Waals surface area contributed by atoms with Crippen LogP contribution in [0.4, 0.5) is 4.39 Å². The number of nitrogens with zero attached hydrogens (tertiary/aromatic N) is 2. The quantitative estimate of drug-likeness (QED) is 0.727. The number of halogens is 1. The molecule has 0 aliphatic carbocycles. The van der Waals surface area contributed by atoms with Crippen LogP contribution in [0.25, 0.3) is 10.2 Å². The van der Waals surface area contributed by atoms with E-state index >= 15 is 0 Å². The minimum Gasteiger partial charge on any atom is -0.335 e. The summed E-state index contributed by atoms with van der Waals surface area (Å²) in [6.45, 7) is 0. The molecule has 0 saturated carbocycles. The Morgan fingerprint density at radius 1 is 1.32 bits per heavy atom. The maximum absolute atomic E-state index is 13.6. The first-order chi connectivity index (χ1) is 9.16. The van der Waals surface area contributed by atoms with Gasteiger partial charge in [-0.1, -0.05) is 18.2 Å². The van der Waals surface area contributed by atoms with Crippen molar-refractivity contribution in [3.63, 3.8) is 0 Å². The smallest absolute Gasteiger partial charge is 0.289 e. The Morgan fingerprint density at radius 3 is 2.89 bits per heavy atom. The SMILES string of the molecule is Nn1c(Cc2ccccc2F)nc2ccsc2c1=O. The maximum Gasteiger partial charge on any atom is 0.289 e. The van der Waals surface area contributed by atoms with Gasteiger partial charge in [0.1, 0.15) is 16.3 Å². The van der Waals surface area contributed by atoms with E-state index in [-0.39, 0.29) is 17.8 Å². The van der Waals surface area contributed by atoms with Gasteiger partial charge in [0, 0.05) is 6.42 Å². The normalized spacial score (nSPS) is 11.0. The summed E-state index contributed by atoms with van der Waals surface area (Å²) in [6, 6.07) is 8.13. The minimum absolute atomic E-state index is 0.185. The molecule has 0 unspecified atom stereocenters. The van der Waals surface area contributed by atoms with Crippen LogP contribution in [0.5, 0.6) is 0 Å². The van der Waals surface area contributed by atoms with Crippen LogP contribution < -0.4 is 11.4 Å². The van der Waals surface area contributed by atoms with Crippen LogP contribution in [-0.2, 0) is 6.42 Å². The van der Waals surface area contributed by atoms with E-state index in [0.717, 1.165) is 4.68 Å². The first-order valence-electron chi connectivity index (χ1n) is 5.64. The van der Waals surface area contributed by atoms with Gasteiger partial charge in [-0.25, -0.2) is 14.1 Å². The zero-order chi connectivity index (χ0) is 13.4. The van der Waals surface area contributed by atoms with Crippen LogP contribution in [-0.4, -0.2) is 9.66 Å². The Labute approximate surface area is 111 Å². The highest BCUT2D eigenvalue weighted by Crippen LogP contribution is 2.16. The molecular weight excluding hydrogens is 265 g/mol. The van der Waals surface area contributed by atoms with E-state index in [0.29, 0.717) is 21.6 Å². The van der Waals surface area contributed by atoms with E-state index in [1.165, 1.54) is 17.4 Å². The van der Waals surface area contributed by atoms with E-state index in [1.54, 1.807) is 29.6 Å². The Balaban J connectivity index is 2.13. The number of nitrogen functional groups attached to an aromatic ring is 1. The van der Waals surface area contributed by atoms with Gasteiger partial charge in [0.2, 0.25) is 0 Å². The number of benzene rings is 1. The van der Waals surface area contributed by atoms with Crippen molar-refractivity contribution >= 4 is 21.6 Å². The summed E-state index contributed by atoms with van der Waals surface area (Å²) in [4.78, 5) is 16.3. The Kier molecular flexibility index (Phi) is 2.79. The lowest BCUT2D eigenvalue weighted by Crippen LogP contribution is -2.31. The van der Waals surface area contributed by atoms with Crippen LogP contribution in [0.2, 0.25) is 0 Å². The lowest BCUT2D eigenvalue weighted by molar-refractivity contribution is 0.610. The molecule has 96 valence electrons. The number of rotatable bonds is 2. The molecule has 0 bridgehead atoms. The van der Waals surface area contributed by atoms with Gasteiger partial charge in [0.05, 0.1) is 5.52 Å². The first kappa shape index (κ1) is 11.9. The van der Waals surface area contributed by atoms with E-state index in [1.807, 2.05) is 0 Å². The van der Waals surface area contributed by atoms with Gasteiger partial charge in [-0.15, -0.1) is 11.3 Å². The fraction of sp³-hybridized carbons (Fsp3) is 0.0769. The summed E-state index contributed by atoms with van der Waals surface area (Å²) in [6.07, 6.45) is 0.185. The average Bonchev–Trinajstić information content (AvgIpc) is 2.86. The third-order valence-electron chi connectivity index (χ3n) is 2.89. The summed E-state index contributed by atoms with van der Waals surface area (Å²) in [5.74, 6) is 5.75. The summed E-state index contributed by atoms with van der Waals surface area (Å²) in [5.41, 5.74) is 0.762. The third-order valence-corrected chi connectivity index (χ3v) is 3.78. The summed E-state index contributed by atoms with van der Waals surface area (Å²) in [7, 11) is 0. The number of fused-ring (bicyclic) bond motifs is 1. The van der Waals surface area contributed by atoms with Gasteiger partial charge >= 0.3 is 0 Å². The van der Waals surface area contributed by atoms with Crippen molar-refractivity contribution in [1.29, 1.82) is 0 Å². The van der Waals surface area contributed by atoms with Gasteiger partial charge in [0.15, 0.2) is 0 Å². The zero-order valence-electron chi connectivity index (χ0n) is 9.84. The molecule has 2 heterocycles. The fourth-order valence-corrected chi connectivity index (χ4v) is 2.67. The second kappa shape index (κ2) is 4.47. The Bertz CT molecular complexity index is 809. The van der Waals surface area contributed by atoms with Crippen LogP contribution in [0.15, 0.2) is 40.5 Å². The molecule has 6 heteroatoms. The molecule has 19 heavy (non-hydrogen) atoms. The van der Waals surface area contributed by atoms with Crippen LogP contribution in [0, 0.1) is 5.82 Å². The number of nitrogens with two attached hydrogens (primary N) is 1. The van der Waals surface area contributed by atoms with Crippen molar-refractivity contribution in [2.45, 2.75) is 6.42 Å². The predicted octanol–water partition coefficient (Wildman–Crippen LogP) is 1.90. The van der Waals surface area contributed by atoms with Gasteiger partial charge in [0.25, 0.3) is 5.56 Å². The molecule has 2 aromatic heterocycles. The van der Waals surface area contributed by atoms with E-state index in [4.69, 9.17) is 5.84 Å². The van der Waals surface area contributed by atoms with E-state index in [9.17, 15) is 9.18 Å².